The smallest absolute Gasteiger partial charge is 0.384 e. The molecule has 26 heteroatoms. The Morgan fingerprint density at radius 1 is 0.657 bits per heavy atom. The summed E-state index contributed by atoms with van der Waals surface area (Å²) in [6, 6.07) is 4.34. The fourth-order valence-electron chi connectivity index (χ4n) is 6.51. The molecule has 2 aliphatic heterocycles. The number of thiazole rings is 2. The van der Waals surface area contributed by atoms with E-state index in [1.165, 1.54) is 28.3 Å². The van der Waals surface area contributed by atoms with Crippen molar-refractivity contribution in [3.8, 4) is 22.5 Å². The van der Waals surface area contributed by atoms with Gasteiger partial charge in [0.25, 0.3) is 0 Å². The molecule has 0 unspecified atom stereocenters. The number of anilines is 7. The standard InChI is InChI=1S/C22H27F3N8OS.C14H13ClF3N5O.C5H8N2S/c1-3-32(4-2)13-14-11-28-21(35-14)31-19-10-17(29-20(30-19)33-5-7-34-8-6-33)15-12-27-18(26)9-16(15)22(23,24)25;15-11-6-10(21-13(22-11)23-1-3-24-4-2-23)8-7-20-12(19)5-9(8)14(16,17)18;1-2-4-3-7-5(6)8-4/h9-12H,3-8,13H2,1-2H3,(H2,26,27)(H,28,29,30,31);5-7H,1-4H2,(H2,19,20);3H,2H2,1H3,(H2,6,7). The highest BCUT2D eigenvalue weighted by Gasteiger charge is 2.36. The van der Waals surface area contributed by atoms with Crippen LogP contribution in [0.4, 0.5) is 66.0 Å². The number of alkyl halides is 6. The Labute approximate surface area is 394 Å². The van der Waals surface area contributed by atoms with Crippen LogP contribution in [0.3, 0.4) is 0 Å². The SMILES string of the molecule is CCN(CC)Cc1cnc(Nc2cc(-c3cnc(N)cc3C(F)(F)F)nc(N3CCOCC3)n2)s1.CCc1cnc(N)s1.Nc1cc(C(F)(F)F)c(-c2cc(Cl)nc(N3CCOCC3)n2)cn1. The van der Waals surface area contributed by atoms with E-state index in [2.05, 4.69) is 70.9 Å². The molecule has 2 aliphatic rings. The first-order chi connectivity index (χ1) is 31.9. The Hall–Kier alpha value is -5.73. The molecule has 0 spiro atoms. The number of nitrogens with one attached hydrogen (secondary N) is 1. The van der Waals surface area contributed by atoms with Crippen LogP contribution in [0.5, 0.6) is 0 Å². The van der Waals surface area contributed by atoms with E-state index in [9.17, 15) is 26.3 Å². The van der Waals surface area contributed by atoms with Crippen molar-refractivity contribution in [1.29, 1.82) is 0 Å². The largest absolute Gasteiger partial charge is 0.417 e. The van der Waals surface area contributed by atoms with Crippen molar-refractivity contribution in [3.05, 3.63) is 75.1 Å². The molecule has 0 atom stereocenters. The molecule has 6 aromatic rings. The number of ether oxygens (including phenoxy) is 2. The van der Waals surface area contributed by atoms with E-state index in [1.807, 2.05) is 11.1 Å². The summed E-state index contributed by atoms with van der Waals surface area (Å²) in [6.07, 6.45) is -2.43. The zero-order valence-corrected chi connectivity index (χ0v) is 38.9. The highest BCUT2D eigenvalue weighted by molar-refractivity contribution is 7.15. The zero-order valence-electron chi connectivity index (χ0n) is 36.5. The van der Waals surface area contributed by atoms with Gasteiger partial charge in [0.15, 0.2) is 10.3 Å². The topological polar surface area (TPSA) is 221 Å². The average molecular weight is 997 g/mol. The van der Waals surface area contributed by atoms with Gasteiger partial charge in [-0.25, -0.2) is 34.9 Å². The molecule has 2 saturated heterocycles. The molecule has 360 valence electrons. The first kappa shape index (κ1) is 50.7. The quantitative estimate of drug-likeness (QED) is 0.0715. The predicted octanol–water partition coefficient (Wildman–Crippen LogP) is 7.94. The first-order valence-corrected chi connectivity index (χ1v) is 22.8. The number of nitrogen functional groups attached to an aromatic ring is 3. The lowest BCUT2D eigenvalue weighted by Gasteiger charge is -2.27. The van der Waals surface area contributed by atoms with Crippen molar-refractivity contribution < 1.29 is 35.8 Å². The van der Waals surface area contributed by atoms with Gasteiger partial charge in [0.1, 0.15) is 22.6 Å². The normalized spacial score (nSPS) is 14.3. The maximum atomic E-state index is 13.8. The number of pyridine rings is 2. The van der Waals surface area contributed by atoms with Crippen molar-refractivity contribution in [2.75, 3.05) is 98.0 Å². The van der Waals surface area contributed by atoms with Gasteiger partial charge in [-0.3, -0.25) is 4.90 Å². The number of rotatable bonds is 11. The Kier molecular flexibility index (Phi) is 17.3. The Balaban J connectivity index is 0.000000198. The molecular weight excluding hydrogens is 948 g/mol. The molecule has 0 aliphatic carbocycles. The van der Waals surface area contributed by atoms with Crippen molar-refractivity contribution in [2.45, 2.75) is 46.1 Å². The summed E-state index contributed by atoms with van der Waals surface area (Å²) < 4.78 is 91.9. The molecule has 2 fully saturated rings. The van der Waals surface area contributed by atoms with E-state index in [1.54, 1.807) is 22.4 Å². The lowest BCUT2D eigenvalue weighted by molar-refractivity contribution is -0.137. The van der Waals surface area contributed by atoms with Crippen LogP contribution in [0, 0.1) is 0 Å². The molecule has 8 rings (SSSR count). The molecule has 0 amide bonds. The number of hydrogen-bond acceptors (Lipinski definition) is 19. The van der Waals surface area contributed by atoms with E-state index in [0.29, 0.717) is 74.6 Å². The van der Waals surface area contributed by atoms with Crippen LogP contribution in [-0.2, 0) is 34.8 Å². The molecule has 0 aromatic carbocycles. The minimum absolute atomic E-state index is 0.0383. The summed E-state index contributed by atoms with van der Waals surface area (Å²) in [4.78, 5) is 41.5. The molecule has 17 nitrogen and oxygen atoms in total. The van der Waals surface area contributed by atoms with E-state index >= 15 is 0 Å². The molecule has 0 radical (unpaired) electrons. The molecule has 67 heavy (non-hydrogen) atoms. The lowest BCUT2D eigenvalue weighted by atomic mass is 10.1. The summed E-state index contributed by atoms with van der Waals surface area (Å²) in [5.41, 5.74) is 14.2. The van der Waals surface area contributed by atoms with Gasteiger partial charge in [0.05, 0.1) is 48.9 Å². The fraction of sp³-hybridized carbons (Fsp3) is 0.415. The predicted molar refractivity (Wildman–Crippen MR) is 248 cm³/mol. The number of aromatic nitrogens is 8. The van der Waals surface area contributed by atoms with Crippen LogP contribution in [0.1, 0.15) is 41.7 Å². The maximum Gasteiger partial charge on any atom is 0.417 e. The van der Waals surface area contributed by atoms with Gasteiger partial charge in [-0.2, -0.15) is 31.3 Å². The number of halogens is 7. The second-order valence-electron chi connectivity index (χ2n) is 14.6. The number of nitrogens with two attached hydrogens (primary N) is 3. The lowest BCUT2D eigenvalue weighted by Crippen LogP contribution is -2.37. The van der Waals surface area contributed by atoms with Gasteiger partial charge in [-0.15, -0.1) is 22.7 Å². The summed E-state index contributed by atoms with van der Waals surface area (Å²) >= 11 is 9.01. The van der Waals surface area contributed by atoms with E-state index in [-0.39, 0.29) is 45.3 Å². The summed E-state index contributed by atoms with van der Waals surface area (Å²) in [5, 5.41) is 4.46. The zero-order chi connectivity index (χ0) is 48.3. The van der Waals surface area contributed by atoms with Crippen molar-refractivity contribution >= 4 is 73.9 Å². The van der Waals surface area contributed by atoms with Crippen LogP contribution in [0.2, 0.25) is 5.15 Å². The maximum absolute atomic E-state index is 13.8. The summed E-state index contributed by atoms with van der Waals surface area (Å²) in [6.45, 7) is 13.0. The molecule has 0 saturated carbocycles. The van der Waals surface area contributed by atoms with Gasteiger partial charge in [0, 0.05) is 90.5 Å². The summed E-state index contributed by atoms with van der Waals surface area (Å²) in [7, 11) is 0. The Morgan fingerprint density at radius 2 is 1.16 bits per heavy atom. The average Bonchev–Trinajstić information content (AvgIpc) is 3.95. The second kappa shape index (κ2) is 22.8. The third kappa shape index (κ3) is 14.1. The Morgan fingerprint density at radius 3 is 1.63 bits per heavy atom. The first-order valence-electron chi connectivity index (χ1n) is 20.8. The number of aryl methyl sites for hydroxylation is 1. The highest BCUT2D eigenvalue weighted by atomic mass is 35.5. The van der Waals surface area contributed by atoms with E-state index in [0.717, 1.165) is 55.5 Å². The summed E-state index contributed by atoms with van der Waals surface area (Å²) in [5.74, 6) is 0.458. The van der Waals surface area contributed by atoms with Crippen LogP contribution >= 0.6 is 34.3 Å². The number of hydrogen-bond donors (Lipinski definition) is 4. The minimum atomic E-state index is -4.63. The molecule has 6 aromatic heterocycles. The molecular formula is C41H48ClF6N15O2S2. The third-order valence-corrected chi connectivity index (χ3v) is 12.0. The van der Waals surface area contributed by atoms with Crippen LogP contribution in [0.25, 0.3) is 22.5 Å². The van der Waals surface area contributed by atoms with Gasteiger partial charge in [-0.1, -0.05) is 32.4 Å². The molecule has 8 heterocycles. The Bertz CT molecular complexity index is 2550. The van der Waals surface area contributed by atoms with E-state index < -0.39 is 23.5 Å². The van der Waals surface area contributed by atoms with Gasteiger partial charge in [0.2, 0.25) is 11.9 Å². The number of morpholine rings is 2. The highest BCUT2D eigenvalue weighted by Crippen LogP contribution is 2.39. The van der Waals surface area contributed by atoms with Gasteiger partial charge in [-0.05, 0) is 31.6 Å². The fourth-order valence-corrected chi connectivity index (χ4v) is 8.18. The van der Waals surface area contributed by atoms with Crippen molar-refractivity contribution in [2.24, 2.45) is 0 Å². The number of nitrogens with zero attached hydrogens (tertiary/aromatic N) is 11. The van der Waals surface area contributed by atoms with E-state index in [4.69, 9.17) is 38.3 Å². The van der Waals surface area contributed by atoms with Crippen LogP contribution in [0.15, 0.2) is 49.1 Å². The third-order valence-electron chi connectivity index (χ3n) is 9.98. The monoisotopic (exact) mass is 995 g/mol. The van der Waals surface area contributed by atoms with Gasteiger partial charge >= 0.3 is 12.4 Å². The van der Waals surface area contributed by atoms with Crippen LogP contribution in [-0.4, -0.2) is 110 Å². The van der Waals surface area contributed by atoms with Gasteiger partial charge < -0.3 is 41.8 Å². The van der Waals surface area contributed by atoms with Crippen LogP contribution < -0.4 is 32.3 Å². The molecule has 7 N–H and O–H groups in total. The van der Waals surface area contributed by atoms with Crippen molar-refractivity contribution in [1.82, 2.24) is 44.8 Å². The molecule has 0 bridgehead atoms. The second-order valence-corrected chi connectivity index (χ2v) is 17.2. The van der Waals surface area contributed by atoms with Crippen molar-refractivity contribution in [3.63, 3.8) is 0 Å². The minimum Gasteiger partial charge on any atom is -0.384 e.